The van der Waals surface area contributed by atoms with Gasteiger partial charge in [-0.2, -0.15) is 0 Å². The van der Waals surface area contributed by atoms with Crippen LogP contribution in [-0.2, 0) is 20.7 Å². The van der Waals surface area contributed by atoms with E-state index < -0.39 is 35.6 Å². The summed E-state index contributed by atoms with van der Waals surface area (Å²) in [6.07, 6.45) is 6.28. The van der Waals surface area contributed by atoms with Gasteiger partial charge in [0.05, 0.1) is 0 Å². The van der Waals surface area contributed by atoms with Crippen LogP contribution in [0, 0.1) is 25.3 Å². The minimum atomic E-state index is -1.11. The van der Waals surface area contributed by atoms with Crippen molar-refractivity contribution >= 4 is 23.6 Å². The Balaban J connectivity index is 2.47. The highest BCUT2D eigenvalue weighted by Crippen LogP contribution is 2.26. The molecule has 2 unspecified atom stereocenters. The number of carbonyl (C=O) groups excluding carboxylic acids is 3. The zero-order chi connectivity index (χ0) is 27.8. The molecule has 0 aromatic heterocycles. The Hall–Kier alpha value is -3.79. The minimum absolute atomic E-state index is 0.0617. The van der Waals surface area contributed by atoms with Crippen LogP contribution < -0.4 is 10.6 Å². The van der Waals surface area contributed by atoms with Gasteiger partial charge in [-0.25, -0.2) is 4.79 Å². The summed E-state index contributed by atoms with van der Waals surface area (Å²) in [6, 6.07) is 15.1. The highest BCUT2D eigenvalue weighted by molar-refractivity contribution is 6.00. The molecule has 2 aromatic carbocycles. The second kappa shape index (κ2) is 13.0. The van der Waals surface area contributed by atoms with Crippen LogP contribution in [0.15, 0.2) is 48.5 Å². The van der Waals surface area contributed by atoms with Gasteiger partial charge in [0.15, 0.2) is 0 Å². The highest BCUT2D eigenvalue weighted by Gasteiger charge is 2.36. The average Bonchev–Trinajstić information content (AvgIpc) is 2.81. The van der Waals surface area contributed by atoms with Crippen LogP contribution in [0.3, 0.4) is 0 Å². The van der Waals surface area contributed by atoms with Crippen molar-refractivity contribution in [2.75, 3.05) is 5.32 Å². The highest BCUT2D eigenvalue weighted by atomic mass is 16.6. The predicted molar refractivity (Wildman–Crippen MR) is 147 cm³/mol. The zero-order valence-corrected chi connectivity index (χ0v) is 22.9. The molecule has 0 heterocycles. The smallest absolute Gasteiger partial charge is 0.408 e. The van der Waals surface area contributed by atoms with E-state index in [-0.39, 0.29) is 5.92 Å². The first-order chi connectivity index (χ1) is 17.4. The fraction of sp³-hybridized carbons (Fsp3) is 0.433. The normalized spacial score (nSPS) is 12.7. The number of ether oxygens (including phenoxy) is 1. The summed E-state index contributed by atoms with van der Waals surface area (Å²) >= 11 is 0. The number of rotatable bonds is 9. The van der Waals surface area contributed by atoms with Crippen molar-refractivity contribution in [2.24, 2.45) is 5.92 Å². The van der Waals surface area contributed by atoms with Crippen molar-refractivity contribution < 1.29 is 19.1 Å². The van der Waals surface area contributed by atoms with Crippen LogP contribution in [0.2, 0.25) is 0 Å². The Kier molecular flexibility index (Phi) is 10.3. The number of hydrogen-bond acceptors (Lipinski definition) is 4. The fourth-order valence-electron chi connectivity index (χ4n) is 3.84. The Morgan fingerprint density at radius 1 is 1.05 bits per heavy atom. The molecule has 0 aliphatic heterocycles. The Labute approximate surface area is 221 Å². The molecule has 2 rings (SSSR count). The Bertz CT molecular complexity index is 1130. The lowest BCUT2D eigenvalue weighted by Crippen LogP contribution is -2.51. The molecule has 0 fully saturated rings. The Morgan fingerprint density at radius 2 is 1.68 bits per heavy atom. The third-order valence-electron chi connectivity index (χ3n) is 5.69. The molecule has 0 saturated carbocycles. The third kappa shape index (κ3) is 8.68. The lowest BCUT2D eigenvalue weighted by atomic mass is 9.98. The number of hydrogen-bond donors (Lipinski definition) is 2. The van der Waals surface area contributed by atoms with Gasteiger partial charge in [-0.1, -0.05) is 69.7 Å². The molecule has 3 amide bonds. The second-order valence-electron chi connectivity index (χ2n) is 10.5. The van der Waals surface area contributed by atoms with E-state index in [0.717, 1.165) is 22.4 Å². The number of aryl methyl sites for hydroxylation is 2. The fourth-order valence-corrected chi connectivity index (χ4v) is 3.84. The number of alkyl carbamates (subject to hydrolysis) is 1. The first kappa shape index (κ1) is 29.4. The maximum atomic E-state index is 13.8. The maximum absolute atomic E-state index is 13.8. The van der Waals surface area contributed by atoms with Gasteiger partial charge in [-0.15, -0.1) is 0 Å². The van der Waals surface area contributed by atoms with E-state index in [4.69, 9.17) is 11.2 Å². The summed E-state index contributed by atoms with van der Waals surface area (Å²) in [6.45, 7) is 13.0. The molecule has 0 aliphatic rings. The summed E-state index contributed by atoms with van der Waals surface area (Å²) in [5.41, 5.74) is 2.41. The average molecular weight is 506 g/mol. The first-order valence-corrected chi connectivity index (χ1v) is 12.6. The van der Waals surface area contributed by atoms with E-state index in [0.29, 0.717) is 17.7 Å². The second-order valence-corrected chi connectivity index (χ2v) is 10.5. The third-order valence-corrected chi connectivity index (χ3v) is 5.69. The van der Waals surface area contributed by atoms with E-state index in [1.54, 1.807) is 39.0 Å². The van der Waals surface area contributed by atoms with E-state index in [9.17, 15) is 14.4 Å². The molecule has 0 bridgehead atoms. The summed E-state index contributed by atoms with van der Waals surface area (Å²) in [5.74, 6) is -0.955. The quantitative estimate of drug-likeness (QED) is 0.343. The molecule has 2 N–H and O–H groups in total. The van der Waals surface area contributed by atoms with Crippen molar-refractivity contribution in [3.8, 4) is 12.5 Å². The number of terminal acetylenes is 1. The Morgan fingerprint density at radius 3 is 2.19 bits per heavy atom. The summed E-state index contributed by atoms with van der Waals surface area (Å²) in [7, 11) is 0. The number of nitrogens with one attached hydrogen (secondary N) is 2. The van der Waals surface area contributed by atoms with Crippen LogP contribution in [0.5, 0.6) is 0 Å². The van der Waals surface area contributed by atoms with Crippen LogP contribution in [0.4, 0.5) is 10.5 Å². The number of para-hydroxylation sites is 1. The number of nitrogens with zero attached hydrogens (tertiary/aromatic N) is 1. The molecule has 0 saturated heterocycles. The van der Waals surface area contributed by atoms with Crippen molar-refractivity contribution in [3.05, 3.63) is 65.2 Å². The maximum Gasteiger partial charge on any atom is 0.408 e. The minimum Gasteiger partial charge on any atom is -0.444 e. The van der Waals surface area contributed by atoms with Gasteiger partial charge >= 0.3 is 6.09 Å². The van der Waals surface area contributed by atoms with Gasteiger partial charge in [0.1, 0.15) is 17.7 Å². The number of amides is 3. The lowest BCUT2D eigenvalue weighted by molar-refractivity contribution is -0.137. The van der Waals surface area contributed by atoms with E-state index >= 15 is 0 Å². The summed E-state index contributed by atoms with van der Waals surface area (Å²) in [4.78, 5) is 41.1. The summed E-state index contributed by atoms with van der Waals surface area (Å²) in [5, 5.41) is 5.58. The number of carbonyl (C=O) groups is 3. The van der Waals surface area contributed by atoms with E-state index in [2.05, 4.69) is 16.7 Å². The van der Waals surface area contributed by atoms with Crippen molar-refractivity contribution in [1.29, 1.82) is 0 Å². The van der Waals surface area contributed by atoms with Gasteiger partial charge < -0.3 is 15.4 Å². The zero-order valence-electron chi connectivity index (χ0n) is 22.9. The molecule has 2 atom stereocenters. The molecule has 0 radical (unpaired) electrons. The van der Waals surface area contributed by atoms with Gasteiger partial charge in [0, 0.05) is 11.7 Å². The molecule has 7 heteroatoms. The number of anilines is 1. The lowest BCUT2D eigenvalue weighted by Gasteiger charge is -2.31. The van der Waals surface area contributed by atoms with Crippen LogP contribution >= 0.6 is 0 Å². The number of benzene rings is 2. The molecule has 37 heavy (non-hydrogen) atoms. The molecule has 198 valence electrons. The SMILES string of the molecule is C#CN(C(=O)C(CC(C)C)NC(=O)OC(C)(C)C)C(C(=O)Nc1ccccc1C)c1ccc(CC)cc1. The topological polar surface area (TPSA) is 87.7 Å². The summed E-state index contributed by atoms with van der Waals surface area (Å²) < 4.78 is 5.37. The van der Waals surface area contributed by atoms with Crippen molar-refractivity contribution in [1.82, 2.24) is 10.2 Å². The molecule has 0 aliphatic carbocycles. The van der Waals surface area contributed by atoms with E-state index in [1.165, 1.54) is 0 Å². The van der Waals surface area contributed by atoms with Crippen LogP contribution in [-0.4, -0.2) is 34.5 Å². The molecule has 7 nitrogen and oxygen atoms in total. The van der Waals surface area contributed by atoms with Gasteiger partial charge in [0.2, 0.25) is 0 Å². The van der Waals surface area contributed by atoms with Crippen molar-refractivity contribution in [2.45, 2.75) is 79.0 Å². The molecule has 2 aromatic rings. The van der Waals surface area contributed by atoms with Gasteiger partial charge in [0.25, 0.3) is 11.8 Å². The van der Waals surface area contributed by atoms with Gasteiger partial charge in [-0.05, 0) is 69.2 Å². The first-order valence-electron chi connectivity index (χ1n) is 12.6. The molecule has 0 spiro atoms. The van der Waals surface area contributed by atoms with Crippen LogP contribution in [0.25, 0.3) is 0 Å². The standard InChI is InChI=1S/C30H39N3O4/c1-9-22-15-17-23(18-16-22)26(27(34)31-24-14-12-11-13-21(24)5)33(10-2)28(35)25(19-20(3)4)32-29(36)37-30(6,7)8/h2,11-18,20,25-26H,9,19H2,1,3-8H3,(H,31,34)(H,32,36). The largest absolute Gasteiger partial charge is 0.444 e. The monoisotopic (exact) mass is 505 g/mol. The van der Waals surface area contributed by atoms with E-state index in [1.807, 2.05) is 58.0 Å². The van der Waals surface area contributed by atoms with Crippen molar-refractivity contribution in [3.63, 3.8) is 0 Å². The molecular weight excluding hydrogens is 466 g/mol. The van der Waals surface area contributed by atoms with Crippen LogP contribution in [0.1, 0.15) is 70.7 Å². The van der Waals surface area contributed by atoms with Gasteiger partial charge in [-0.3, -0.25) is 14.5 Å². The molecular formula is C30H39N3O4. The predicted octanol–water partition coefficient (Wildman–Crippen LogP) is 5.60.